The van der Waals surface area contributed by atoms with E-state index in [1.807, 2.05) is 6.92 Å². The van der Waals surface area contributed by atoms with Crippen LogP contribution in [-0.4, -0.2) is 48.8 Å². The molecule has 1 saturated heterocycles. The maximum absolute atomic E-state index is 12.8. The van der Waals surface area contributed by atoms with Gasteiger partial charge in [-0.1, -0.05) is 6.92 Å². The summed E-state index contributed by atoms with van der Waals surface area (Å²) in [7, 11) is -3.54. The number of hydrogen-bond acceptors (Lipinski definition) is 4. The van der Waals surface area contributed by atoms with E-state index in [1.54, 1.807) is 0 Å². The lowest BCUT2D eigenvalue weighted by Gasteiger charge is -2.30. The van der Waals surface area contributed by atoms with Crippen molar-refractivity contribution in [1.82, 2.24) is 9.62 Å². The highest BCUT2D eigenvalue weighted by molar-refractivity contribution is 7.89. The van der Waals surface area contributed by atoms with Gasteiger partial charge in [0, 0.05) is 24.7 Å². The largest absolute Gasteiger partial charge is 0.481 e. The van der Waals surface area contributed by atoms with E-state index in [-0.39, 0.29) is 16.8 Å². The topological polar surface area (TPSA) is 104 Å². The maximum atomic E-state index is 12.8. The number of amides is 1. The molecule has 7 nitrogen and oxygen atoms in total. The number of hydrogen-bond donors (Lipinski definition) is 2. The van der Waals surface area contributed by atoms with E-state index in [9.17, 15) is 18.0 Å². The highest BCUT2D eigenvalue weighted by atomic mass is 32.2. The molecule has 0 aromatic heterocycles. The van der Waals surface area contributed by atoms with Crippen LogP contribution in [0.5, 0.6) is 0 Å². The molecular weight excluding hydrogens is 368 g/mol. The van der Waals surface area contributed by atoms with Crippen LogP contribution in [0.25, 0.3) is 0 Å². The number of rotatable bonds is 5. The van der Waals surface area contributed by atoms with Gasteiger partial charge in [0.1, 0.15) is 0 Å². The van der Waals surface area contributed by atoms with Crippen molar-refractivity contribution >= 4 is 21.9 Å². The van der Waals surface area contributed by atoms with Crippen LogP contribution in [-0.2, 0) is 14.8 Å². The number of nitrogens with one attached hydrogen (secondary N) is 1. The predicted molar refractivity (Wildman–Crippen MR) is 99.8 cm³/mol. The minimum atomic E-state index is -3.54. The molecule has 1 aromatic carbocycles. The van der Waals surface area contributed by atoms with Crippen LogP contribution >= 0.6 is 0 Å². The number of carbonyl (C=O) groups excluding carboxylic acids is 1. The Morgan fingerprint density at radius 3 is 2.44 bits per heavy atom. The molecule has 0 spiro atoms. The Morgan fingerprint density at radius 1 is 1.15 bits per heavy atom. The number of carboxylic acids is 1. The number of piperidine rings is 1. The molecule has 3 rings (SSSR count). The van der Waals surface area contributed by atoms with Crippen molar-refractivity contribution in [3.05, 3.63) is 29.8 Å². The number of sulfonamides is 1. The van der Waals surface area contributed by atoms with Crippen LogP contribution in [0.2, 0.25) is 0 Å². The van der Waals surface area contributed by atoms with Gasteiger partial charge in [0.15, 0.2) is 0 Å². The molecule has 1 aliphatic heterocycles. The lowest BCUT2D eigenvalue weighted by molar-refractivity contribution is -0.141. The Labute approximate surface area is 159 Å². The van der Waals surface area contributed by atoms with Gasteiger partial charge in [-0.3, -0.25) is 9.59 Å². The molecule has 0 bridgehead atoms. The third kappa shape index (κ3) is 4.50. The minimum absolute atomic E-state index is 0.156. The first-order chi connectivity index (χ1) is 12.8. The number of carboxylic acid groups (broad SMARTS) is 1. The zero-order chi connectivity index (χ0) is 19.6. The van der Waals surface area contributed by atoms with E-state index >= 15 is 0 Å². The molecule has 1 heterocycles. The zero-order valence-corrected chi connectivity index (χ0v) is 16.2. The number of nitrogens with zero attached hydrogens (tertiary/aromatic N) is 1. The van der Waals surface area contributed by atoms with Crippen molar-refractivity contribution < 1.29 is 23.1 Å². The van der Waals surface area contributed by atoms with Gasteiger partial charge in [0.25, 0.3) is 5.91 Å². The fourth-order valence-corrected chi connectivity index (χ4v) is 5.50. The molecule has 1 unspecified atom stereocenters. The van der Waals surface area contributed by atoms with E-state index in [0.717, 1.165) is 12.8 Å². The van der Waals surface area contributed by atoms with Crippen molar-refractivity contribution in [2.45, 2.75) is 50.0 Å². The lowest BCUT2D eigenvalue weighted by atomic mass is 10.0. The third-order valence-electron chi connectivity index (χ3n) is 5.49. The number of aliphatic carboxylic acids is 1. The molecule has 1 aromatic rings. The van der Waals surface area contributed by atoms with Gasteiger partial charge in [0.2, 0.25) is 10.0 Å². The molecule has 148 valence electrons. The molecule has 2 aliphatic rings. The van der Waals surface area contributed by atoms with Crippen LogP contribution in [0.4, 0.5) is 0 Å². The smallest absolute Gasteiger partial charge is 0.306 e. The molecule has 1 saturated carbocycles. The Balaban J connectivity index is 1.64. The van der Waals surface area contributed by atoms with E-state index in [0.29, 0.717) is 43.8 Å². The molecular formula is C19H26N2O5S. The fraction of sp³-hybridized carbons (Fsp3) is 0.579. The van der Waals surface area contributed by atoms with Crippen molar-refractivity contribution in [3.63, 3.8) is 0 Å². The second-order valence-corrected chi connectivity index (χ2v) is 9.59. The summed E-state index contributed by atoms with van der Waals surface area (Å²) in [5, 5.41) is 11.9. The summed E-state index contributed by atoms with van der Waals surface area (Å²) in [5.74, 6) is -1.19. The van der Waals surface area contributed by atoms with Gasteiger partial charge >= 0.3 is 5.97 Å². The van der Waals surface area contributed by atoms with Gasteiger partial charge < -0.3 is 10.4 Å². The monoisotopic (exact) mass is 394 g/mol. The number of benzene rings is 1. The normalized spacial score (nSPS) is 26.6. The summed E-state index contributed by atoms with van der Waals surface area (Å²) in [4.78, 5) is 23.6. The minimum Gasteiger partial charge on any atom is -0.481 e. The molecule has 0 radical (unpaired) electrons. The Bertz CT molecular complexity index is 806. The Kier molecular flexibility index (Phi) is 5.86. The van der Waals surface area contributed by atoms with Gasteiger partial charge in [-0.05, 0) is 62.3 Å². The standard InChI is InChI=1S/C19H26N2O5S/c1-13-3-2-10-21(12-13)27(25,26)17-8-5-14(6-9-17)18(22)20-16-7-4-15(11-16)19(23)24/h5-6,8-9,13,15-16H,2-4,7,10-12H2,1H3,(H,20,22)(H,23,24)/t13?,15-,16+/m1/s1. The molecule has 1 aliphatic carbocycles. The van der Waals surface area contributed by atoms with Crippen molar-refractivity contribution in [2.24, 2.45) is 11.8 Å². The predicted octanol–water partition coefficient (Wildman–Crippen LogP) is 2.09. The van der Waals surface area contributed by atoms with Crippen LogP contribution in [0, 0.1) is 11.8 Å². The Morgan fingerprint density at radius 2 is 1.85 bits per heavy atom. The van der Waals surface area contributed by atoms with Crippen molar-refractivity contribution in [1.29, 1.82) is 0 Å². The lowest BCUT2D eigenvalue weighted by Crippen LogP contribution is -2.39. The quantitative estimate of drug-likeness (QED) is 0.796. The third-order valence-corrected chi connectivity index (χ3v) is 7.37. The average molecular weight is 394 g/mol. The van der Waals surface area contributed by atoms with E-state index in [4.69, 9.17) is 5.11 Å². The van der Waals surface area contributed by atoms with Crippen LogP contribution < -0.4 is 5.32 Å². The van der Waals surface area contributed by atoms with Gasteiger partial charge in [0.05, 0.1) is 10.8 Å². The summed E-state index contributed by atoms with van der Waals surface area (Å²) in [6, 6.07) is 5.81. The van der Waals surface area contributed by atoms with Gasteiger partial charge in [-0.2, -0.15) is 4.31 Å². The van der Waals surface area contributed by atoms with Crippen LogP contribution in [0.15, 0.2) is 29.2 Å². The van der Waals surface area contributed by atoms with Gasteiger partial charge in [-0.25, -0.2) is 8.42 Å². The highest BCUT2D eigenvalue weighted by Crippen LogP contribution is 2.26. The molecule has 1 amide bonds. The Hall–Kier alpha value is -1.93. The molecule has 3 atom stereocenters. The summed E-state index contributed by atoms with van der Waals surface area (Å²) >= 11 is 0. The highest BCUT2D eigenvalue weighted by Gasteiger charge is 2.31. The first-order valence-corrected chi connectivity index (χ1v) is 10.8. The average Bonchev–Trinajstić information content (AvgIpc) is 3.10. The summed E-state index contributed by atoms with van der Waals surface area (Å²) in [6.07, 6.45) is 3.53. The first-order valence-electron chi connectivity index (χ1n) is 9.41. The second-order valence-electron chi connectivity index (χ2n) is 7.65. The fourth-order valence-electron chi connectivity index (χ4n) is 3.90. The van der Waals surface area contributed by atoms with Gasteiger partial charge in [-0.15, -0.1) is 0 Å². The van der Waals surface area contributed by atoms with E-state index in [1.165, 1.54) is 28.6 Å². The zero-order valence-electron chi connectivity index (χ0n) is 15.4. The second kappa shape index (κ2) is 7.98. The molecule has 2 N–H and O–H groups in total. The van der Waals surface area contributed by atoms with Crippen LogP contribution in [0.3, 0.4) is 0 Å². The first kappa shape index (κ1) is 19.8. The molecule has 8 heteroatoms. The van der Waals surface area contributed by atoms with Crippen molar-refractivity contribution in [2.75, 3.05) is 13.1 Å². The van der Waals surface area contributed by atoms with E-state index in [2.05, 4.69) is 5.32 Å². The summed E-state index contributed by atoms with van der Waals surface area (Å²) < 4.78 is 27.0. The SMILES string of the molecule is CC1CCCN(S(=O)(=O)c2ccc(C(=O)N[C@H]3CC[C@@H](C(=O)O)C3)cc2)C1. The molecule has 27 heavy (non-hydrogen) atoms. The summed E-state index contributed by atoms with van der Waals surface area (Å²) in [5.41, 5.74) is 0.375. The van der Waals surface area contributed by atoms with Crippen molar-refractivity contribution in [3.8, 4) is 0 Å². The van der Waals surface area contributed by atoms with E-state index < -0.39 is 21.9 Å². The number of carbonyl (C=O) groups is 2. The maximum Gasteiger partial charge on any atom is 0.306 e. The van der Waals surface area contributed by atoms with Crippen LogP contribution in [0.1, 0.15) is 49.4 Å². The molecule has 2 fully saturated rings. The summed E-state index contributed by atoms with van der Waals surface area (Å²) in [6.45, 7) is 3.10.